The molecular weight excluding hydrogens is 236 g/mol. The zero-order valence-electron chi connectivity index (χ0n) is 11.6. The van der Waals surface area contributed by atoms with Gasteiger partial charge >= 0.3 is 0 Å². The Balaban J connectivity index is 2.01. The van der Waals surface area contributed by atoms with Crippen LogP contribution in [-0.2, 0) is 0 Å². The summed E-state index contributed by atoms with van der Waals surface area (Å²) in [5.41, 5.74) is 7.14. The van der Waals surface area contributed by atoms with E-state index in [1.165, 1.54) is 0 Å². The first-order valence-corrected chi connectivity index (χ1v) is 6.95. The number of rotatable bonds is 6. The molecule has 0 aliphatic rings. The lowest BCUT2D eigenvalue weighted by Gasteiger charge is -2.21. The Hall–Kier alpha value is -1.68. The maximum Gasteiger partial charge on any atom is 0.223 e. The first-order valence-electron chi connectivity index (χ1n) is 6.95. The standard InChI is InChI=1S/C15H22N4/c1-3-11(4-2)13(16)10-18-15-17-9-12-7-5-6-8-14(12)19-15/h5-9,11,13H,3-4,10,16H2,1-2H3,(H,17,18,19). The van der Waals surface area contributed by atoms with Gasteiger partial charge in [0.15, 0.2) is 0 Å². The molecule has 0 aliphatic carbocycles. The fourth-order valence-electron chi connectivity index (χ4n) is 2.33. The highest BCUT2D eigenvalue weighted by Gasteiger charge is 2.13. The SMILES string of the molecule is CCC(CC)C(N)CNc1ncc2ccccc2n1. The van der Waals surface area contributed by atoms with Crippen LogP contribution >= 0.6 is 0 Å². The van der Waals surface area contributed by atoms with Gasteiger partial charge in [-0.25, -0.2) is 9.97 Å². The highest BCUT2D eigenvalue weighted by molar-refractivity contribution is 5.78. The lowest BCUT2D eigenvalue weighted by atomic mass is 9.95. The van der Waals surface area contributed by atoms with Crippen molar-refractivity contribution in [3.05, 3.63) is 30.5 Å². The van der Waals surface area contributed by atoms with Crippen LogP contribution in [0.1, 0.15) is 26.7 Å². The van der Waals surface area contributed by atoms with Gasteiger partial charge < -0.3 is 11.1 Å². The summed E-state index contributed by atoms with van der Waals surface area (Å²) in [6.07, 6.45) is 4.06. The molecule has 1 aromatic carbocycles. The molecule has 1 unspecified atom stereocenters. The third-order valence-electron chi connectivity index (χ3n) is 3.64. The Labute approximate surface area is 114 Å². The number of anilines is 1. The van der Waals surface area contributed by atoms with E-state index in [0.717, 1.165) is 23.7 Å². The van der Waals surface area contributed by atoms with Gasteiger partial charge in [-0.1, -0.05) is 44.9 Å². The Morgan fingerprint density at radius 2 is 1.95 bits per heavy atom. The Morgan fingerprint density at radius 3 is 2.68 bits per heavy atom. The summed E-state index contributed by atoms with van der Waals surface area (Å²) in [5, 5.41) is 4.29. The Morgan fingerprint density at radius 1 is 1.21 bits per heavy atom. The lowest BCUT2D eigenvalue weighted by molar-refractivity contribution is 0.407. The quantitative estimate of drug-likeness (QED) is 0.836. The van der Waals surface area contributed by atoms with Crippen LogP contribution in [-0.4, -0.2) is 22.6 Å². The number of benzene rings is 1. The summed E-state index contributed by atoms with van der Waals surface area (Å²) in [6.45, 7) is 5.08. The number of aromatic nitrogens is 2. The minimum absolute atomic E-state index is 0.144. The van der Waals surface area contributed by atoms with Crippen LogP contribution in [0.2, 0.25) is 0 Å². The van der Waals surface area contributed by atoms with Gasteiger partial charge in [-0.05, 0) is 12.0 Å². The summed E-state index contributed by atoms with van der Waals surface area (Å²) in [4.78, 5) is 8.79. The molecule has 102 valence electrons. The number of hydrogen-bond donors (Lipinski definition) is 2. The van der Waals surface area contributed by atoms with Crippen LogP contribution in [0.3, 0.4) is 0 Å². The van der Waals surface area contributed by atoms with Crippen molar-refractivity contribution in [2.24, 2.45) is 11.7 Å². The van der Waals surface area contributed by atoms with E-state index in [-0.39, 0.29) is 6.04 Å². The third-order valence-corrected chi connectivity index (χ3v) is 3.64. The molecule has 19 heavy (non-hydrogen) atoms. The number of nitrogens with zero attached hydrogens (tertiary/aromatic N) is 2. The topological polar surface area (TPSA) is 63.8 Å². The molecule has 0 aliphatic heterocycles. The third kappa shape index (κ3) is 3.41. The largest absolute Gasteiger partial charge is 0.353 e. The van der Waals surface area contributed by atoms with Gasteiger partial charge in [-0.3, -0.25) is 0 Å². The Bertz CT molecular complexity index is 522. The van der Waals surface area contributed by atoms with Crippen molar-refractivity contribution >= 4 is 16.9 Å². The second-order valence-corrected chi connectivity index (χ2v) is 4.87. The lowest BCUT2D eigenvalue weighted by Crippen LogP contribution is -2.36. The predicted molar refractivity (Wildman–Crippen MR) is 80.1 cm³/mol. The summed E-state index contributed by atoms with van der Waals surface area (Å²) in [7, 11) is 0. The van der Waals surface area contributed by atoms with Gasteiger partial charge in [0.05, 0.1) is 5.52 Å². The van der Waals surface area contributed by atoms with Crippen molar-refractivity contribution in [2.45, 2.75) is 32.7 Å². The molecular formula is C15H22N4. The summed E-state index contributed by atoms with van der Waals surface area (Å²) in [5.74, 6) is 1.20. The van der Waals surface area contributed by atoms with Crippen molar-refractivity contribution in [1.29, 1.82) is 0 Å². The highest BCUT2D eigenvalue weighted by Crippen LogP contribution is 2.14. The van der Waals surface area contributed by atoms with E-state index < -0.39 is 0 Å². The van der Waals surface area contributed by atoms with Crippen molar-refractivity contribution in [2.75, 3.05) is 11.9 Å². The molecule has 2 rings (SSSR count). The fraction of sp³-hybridized carbons (Fsp3) is 0.467. The molecule has 1 aromatic heterocycles. The van der Waals surface area contributed by atoms with Crippen molar-refractivity contribution in [1.82, 2.24) is 9.97 Å². The van der Waals surface area contributed by atoms with Crippen molar-refractivity contribution in [3.8, 4) is 0 Å². The molecule has 0 radical (unpaired) electrons. The monoisotopic (exact) mass is 258 g/mol. The summed E-state index contributed by atoms with van der Waals surface area (Å²) >= 11 is 0. The van der Waals surface area contributed by atoms with E-state index >= 15 is 0 Å². The molecule has 3 N–H and O–H groups in total. The minimum Gasteiger partial charge on any atom is -0.353 e. The van der Waals surface area contributed by atoms with Crippen LogP contribution in [0.5, 0.6) is 0 Å². The van der Waals surface area contributed by atoms with E-state index in [4.69, 9.17) is 5.73 Å². The van der Waals surface area contributed by atoms with Crippen LogP contribution in [0, 0.1) is 5.92 Å². The fourth-order valence-corrected chi connectivity index (χ4v) is 2.33. The molecule has 0 spiro atoms. The minimum atomic E-state index is 0.144. The van der Waals surface area contributed by atoms with E-state index in [1.54, 1.807) is 0 Å². The molecule has 0 fully saturated rings. The number of nitrogens with one attached hydrogen (secondary N) is 1. The number of nitrogens with two attached hydrogens (primary N) is 1. The van der Waals surface area contributed by atoms with Gasteiger partial charge in [-0.15, -0.1) is 0 Å². The van der Waals surface area contributed by atoms with E-state index in [0.29, 0.717) is 18.4 Å². The molecule has 4 heteroatoms. The number of hydrogen-bond acceptors (Lipinski definition) is 4. The first-order chi connectivity index (χ1) is 9.24. The molecule has 4 nitrogen and oxygen atoms in total. The maximum absolute atomic E-state index is 6.18. The van der Waals surface area contributed by atoms with Crippen molar-refractivity contribution in [3.63, 3.8) is 0 Å². The van der Waals surface area contributed by atoms with E-state index in [1.807, 2.05) is 30.5 Å². The average molecular weight is 258 g/mol. The molecule has 2 aromatic rings. The van der Waals surface area contributed by atoms with Crippen LogP contribution < -0.4 is 11.1 Å². The molecule has 0 bridgehead atoms. The molecule has 0 saturated carbocycles. The second kappa shape index (κ2) is 6.48. The zero-order valence-corrected chi connectivity index (χ0v) is 11.6. The molecule has 1 atom stereocenters. The number of para-hydroxylation sites is 1. The van der Waals surface area contributed by atoms with Crippen molar-refractivity contribution < 1.29 is 0 Å². The first kappa shape index (κ1) is 13.7. The smallest absolute Gasteiger partial charge is 0.223 e. The second-order valence-electron chi connectivity index (χ2n) is 4.87. The van der Waals surface area contributed by atoms with Gasteiger partial charge in [0, 0.05) is 24.2 Å². The summed E-state index contributed by atoms with van der Waals surface area (Å²) < 4.78 is 0. The van der Waals surface area contributed by atoms with E-state index in [9.17, 15) is 0 Å². The van der Waals surface area contributed by atoms with Gasteiger partial charge in [0.2, 0.25) is 5.95 Å². The van der Waals surface area contributed by atoms with Crippen LogP contribution in [0.25, 0.3) is 10.9 Å². The molecule has 0 amide bonds. The van der Waals surface area contributed by atoms with Crippen LogP contribution in [0.15, 0.2) is 30.5 Å². The van der Waals surface area contributed by atoms with Gasteiger partial charge in [0.25, 0.3) is 0 Å². The van der Waals surface area contributed by atoms with Crippen LogP contribution in [0.4, 0.5) is 5.95 Å². The maximum atomic E-state index is 6.18. The normalized spacial score (nSPS) is 12.8. The molecule has 1 heterocycles. The zero-order chi connectivity index (χ0) is 13.7. The van der Waals surface area contributed by atoms with Gasteiger partial charge in [0.1, 0.15) is 0 Å². The summed E-state index contributed by atoms with van der Waals surface area (Å²) in [6, 6.07) is 8.11. The van der Waals surface area contributed by atoms with Gasteiger partial charge in [-0.2, -0.15) is 0 Å². The Kier molecular flexibility index (Phi) is 4.68. The van der Waals surface area contributed by atoms with E-state index in [2.05, 4.69) is 29.1 Å². The predicted octanol–water partition coefficient (Wildman–Crippen LogP) is 2.81. The highest BCUT2D eigenvalue weighted by atomic mass is 15.1. The number of fused-ring (bicyclic) bond motifs is 1. The molecule has 0 saturated heterocycles. The average Bonchev–Trinajstić information content (AvgIpc) is 2.46.